The van der Waals surface area contributed by atoms with Gasteiger partial charge in [-0.2, -0.15) is 0 Å². The number of aliphatic hydroxyl groups is 1. The normalized spacial score (nSPS) is 13.9. The van der Waals surface area contributed by atoms with Crippen molar-refractivity contribution in [3.63, 3.8) is 0 Å². The highest BCUT2D eigenvalue weighted by Crippen LogP contribution is 2.27. The molecule has 2 aromatic rings. The molecular formula is C16H17FO2. The Morgan fingerprint density at radius 2 is 1.63 bits per heavy atom. The summed E-state index contributed by atoms with van der Waals surface area (Å²) in [6.45, 7) is 1.75. The van der Waals surface area contributed by atoms with Crippen molar-refractivity contribution in [2.75, 3.05) is 7.11 Å². The molecule has 0 amide bonds. The van der Waals surface area contributed by atoms with Crippen LogP contribution in [-0.2, 0) is 12.0 Å². The van der Waals surface area contributed by atoms with Gasteiger partial charge in [-0.15, -0.1) is 0 Å². The number of hydrogen-bond donors (Lipinski definition) is 1. The number of halogens is 1. The van der Waals surface area contributed by atoms with Crippen molar-refractivity contribution in [2.24, 2.45) is 0 Å². The predicted octanol–water partition coefficient (Wildman–Crippen LogP) is 3.28. The molecule has 0 aromatic heterocycles. The maximum absolute atomic E-state index is 12.8. The van der Waals surface area contributed by atoms with E-state index in [0.29, 0.717) is 6.42 Å². The van der Waals surface area contributed by atoms with Crippen molar-refractivity contribution < 1.29 is 14.2 Å². The van der Waals surface area contributed by atoms with Gasteiger partial charge >= 0.3 is 0 Å². The molecule has 0 radical (unpaired) electrons. The lowest BCUT2D eigenvalue weighted by molar-refractivity contribution is 0.0575. The quantitative estimate of drug-likeness (QED) is 0.914. The molecule has 1 N–H and O–H groups in total. The number of ether oxygens (including phenoxy) is 1. The van der Waals surface area contributed by atoms with E-state index in [2.05, 4.69) is 0 Å². The second-order valence-electron chi connectivity index (χ2n) is 4.81. The Balaban J connectivity index is 2.18. The maximum Gasteiger partial charge on any atom is 0.123 e. The first kappa shape index (κ1) is 13.6. The van der Waals surface area contributed by atoms with Crippen molar-refractivity contribution in [1.29, 1.82) is 0 Å². The van der Waals surface area contributed by atoms with Gasteiger partial charge in [-0.05, 0) is 42.3 Å². The van der Waals surface area contributed by atoms with E-state index in [-0.39, 0.29) is 5.82 Å². The van der Waals surface area contributed by atoms with E-state index < -0.39 is 5.60 Å². The van der Waals surface area contributed by atoms with Gasteiger partial charge in [-0.1, -0.05) is 24.3 Å². The molecule has 0 spiro atoms. The molecule has 0 aliphatic heterocycles. The van der Waals surface area contributed by atoms with Gasteiger partial charge in [0.05, 0.1) is 12.7 Å². The zero-order valence-electron chi connectivity index (χ0n) is 11.1. The minimum Gasteiger partial charge on any atom is -0.497 e. The first-order chi connectivity index (χ1) is 9.01. The molecule has 0 saturated heterocycles. The molecule has 3 heteroatoms. The molecule has 2 rings (SSSR count). The Labute approximate surface area is 112 Å². The average molecular weight is 260 g/mol. The number of methoxy groups -OCH3 is 1. The Hall–Kier alpha value is -1.87. The summed E-state index contributed by atoms with van der Waals surface area (Å²) in [4.78, 5) is 0. The molecule has 0 bridgehead atoms. The van der Waals surface area contributed by atoms with E-state index in [0.717, 1.165) is 16.9 Å². The van der Waals surface area contributed by atoms with Gasteiger partial charge in [-0.25, -0.2) is 4.39 Å². The summed E-state index contributed by atoms with van der Waals surface area (Å²) >= 11 is 0. The van der Waals surface area contributed by atoms with E-state index in [4.69, 9.17) is 4.74 Å². The van der Waals surface area contributed by atoms with Crippen LogP contribution in [0.25, 0.3) is 0 Å². The Kier molecular flexibility index (Phi) is 3.86. The third-order valence-electron chi connectivity index (χ3n) is 3.17. The second-order valence-corrected chi connectivity index (χ2v) is 4.81. The van der Waals surface area contributed by atoms with E-state index in [9.17, 15) is 9.50 Å². The maximum atomic E-state index is 12.8. The third kappa shape index (κ3) is 3.32. The van der Waals surface area contributed by atoms with Crippen molar-refractivity contribution in [1.82, 2.24) is 0 Å². The number of rotatable bonds is 4. The first-order valence-corrected chi connectivity index (χ1v) is 6.12. The van der Waals surface area contributed by atoms with Crippen molar-refractivity contribution in [3.05, 3.63) is 65.5 Å². The summed E-state index contributed by atoms with van der Waals surface area (Å²) < 4.78 is 17.9. The fourth-order valence-electron chi connectivity index (χ4n) is 2.05. The summed E-state index contributed by atoms with van der Waals surface area (Å²) in [6.07, 6.45) is 0.430. The molecule has 0 aliphatic rings. The molecule has 1 atom stereocenters. The Morgan fingerprint density at radius 3 is 2.16 bits per heavy atom. The molecule has 2 aromatic carbocycles. The molecular weight excluding hydrogens is 243 g/mol. The van der Waals surface area contributed by atoms with E-state index in [1.165, 1.54) is 12.1 Å². The zero-order chi connectivity index (χ0) is 13.9. The zero-order valence-corrected chi connectivity index (χ0v) is 11.1. The summed E-state index contributed by atoms with van der Waals surface area (Å²) in [5.41, 5.74) is 0.698. The molecule has 100 valence electrons. The second kappa shape index (κ2) is 5.41. The topological polar surface area (TPSA) is 29.5 Å². The van der Waals surface area contributed by atoms with Gasteiger partial charge in [0.1, 0.15) is 11.6 Å². The standard InChI is InChI=1S/C16H17FO2/c1-16(18,11-12-3-7-14(17)8-4-12)13-5-9-15(19-2)10-6-13/h3-10,18H,11H2,1-2H3. The monoisotopic (exact) mass is 260 g/mol. The highest BCUT2D eigenvalue weighted by Gasteiger charge is 2.23. The predicted molar refractivity (Wildman–Crippen MR) is 72.7 cm³/mol. The average Bonchev–Trinajstić information content (AvgIpc) is 2.41. The van der Waals surface area contributed by atoms with Crippen molar-refractivity contribution >= 4 is 0 Å². The van der Waals surface area contributed by atoms with Crippen LogP contribution in [0, 0.1) is 5.82 Å². The smallest absolute Gasteiger partial charge is 0.123 e. The lowest BCUT2D eigenvalue weighted by Crippen LogP contribution is -2.24. The van der Waals surface area contributed by atoms with Gasteiger partial charge in [0.25, 0.3) is 0 Å². The Bertz CT molecular complexity index is 530. The molecule has 2 nitrogen and oxygen atoms in total. The van der Waals surface area contributed by atoms with E-state index in [1.807, 2.05) is 24.3 Å². The minimum absolute atomic E-state index is 0.271. The van der Waals surface area contributed by atoms with Gasteiger partial charge in [-0.3, -0.25) is 0 Å². The number of benzene rings is 2. The molecule has 0 heterocycles. The summed E-state index contributed by atoms with van der Waals surface area (Å²) in [7, 11) is 1.60. The molecule has 0 fully saturated rings. The summed E-state index contributed by atoms with van der Waals surface area (Å²) in [5, 5.41) is 10.5. The van der Waals surface area contributed by atoms with Gasteiger partial charge in [0, 0.05) is 6.42 Å². The van der Waals surface area contributed by atoms with Gasteiger partial charge in [0.15, 0.2) is 0 Å². The molecule has 0 saturated carbocycles. The van der Waals surface area contributed by atoms with E-state index in [1.54, 1.807) is 26.2 Å². The van der Waals surface area contributed by atoms with Crippen LogP contribution in [0.2, 0.25) is 0 Å². The largest absolute Gasteiger partial charge is 0.497 e. The number of hydrogen-bond acceptors (Lipinski definition) is 2. The first-order valence-electron chi connectivity index (χ1n) is 6.12. The van der Waals surface area contributed by atoms with Crippen LogP contribution in [0.3, 0.4) is 0 Å². The summed E-state index contributed by atoms with van der Waals surface area (Å²) in [5.74, 6) is 0.481. The molecule has 19 heavy (non-hydrogen) atoms. The van der Waals surface area contributed by atoms with Crippen LogP contribution in [0.1, 0.15) is 18.1 Å². The van der Waals surface area contributed by atoms with Crippen molar-refractivity contribution in [2.45, 2.75) is 18.9 Å². The van der Waals surface area contributed by atoms with E-state index >= 15 is 0 Å². The summed E-state index contributed by atoms with van der Waals surface area (Å²) in [6, 6.07) is 13.5. The highest BCUT2D eigenvalue weighted by molar-refractivity contribution is 5.32. The van der Waals surface area contributed by atoms with Gasteiger partial charge < -0.3 is 9.84 Å². The van der Waals surface area contributed by atoms with Crippen LogP contribution in [-0.4, -0.2) is 12.2 Å². The van der Waals surface area contributed by atoms with Crippen molar-refractivity contribution in [3.8, 4) is 5.75 Å². The lowest BCUT2D eigenvalue weighted by atomic mass is 9.89. The third-order valence-corrected chi connectivity index (χ3v) is 3.17. The van der Waals surface area contributed by atoms with Crippen LogP contribution in [0.15, 0.2) is 48.5 Å². The van der Waals surface area contributed by atoms with Crippen LogP contribution >= 0.6 is 0 Å². The lowest BCUT2D eigenvalue weighted by Gasteiger charge is -2.24. The molecule has 1 unspecified atom stereocenters. The fourth-order valence-corrected chi connectivity index (χ4v) is 2.05. The van der Waals surface area contributed by atoms with Gasteiger partial charge in [0.2, 0.25) is 0 Å². The van der Waals surface area contributed by atoms with Crippen LogP contribution < -0.4 is 4.74 Å². The minimum atomic E-state index is -0.996. The van der Waals surface area contributed by atoms with Crippen LogP contribution in [0.4, 0.5) is 4.39 Å². The molecule has 0 aliphatic carbocycles. The Morgan fingerprint density at radius 1 is 1.05 bits per heavy atom. The highest BCUT2D eigenvalue weighted by atomic mass is 19.1. The fraction of sp³-hybridized carbons (Fsp3) is 0.250. The van der Waals surface area contributed by atoms with Crippen LogP contribution in [0.5, 0.6) is 5.75 Å². The SMILES string of the molecule is COc1ccc(C(C)(O)Cc2ccc(F)cc2)cc1.